The molecule has 0 atom stereocenters. The average molecular weight is 284 g/mol. The molecule has 0 aliphatic heterocycles. The number of benzene rings is 1. The van der Waals surface area contributed by atoms with Crippen LogP contribution < -0.4 is 5.32 Å². The van der Waals surface area contributed by atoms with Crippen molar-refractivity contribution in [2.75, 3.05) is 5.32 Å². The van der Waals surface area contributed by atoms with Crippen LogP contribution in [-0.2, 0) is 11.2 Å². The van der Waals surface area contributed by atoms with Crippen LogP contribution in [0.5, 0.6) is 0 Å². The summed E-state index contributed by atoms with van der Waals surface area (Å²) in [6.45, 7) is 7.72. The number of thiazole rings is 1. The SMILES string of the molecule is C=CCc1cccc(C(=C)CC(=O)Nc2nccs2)c1. The van der Waals surface area contributed by atoms with E-state index >= 15 is 0 Å². The number of rotatable bonds is 6. The Kier molecular flexibility index (Phi) is 4.85. The number of carbonyl (C=O) groups is 1. The molecule has 1 amide bonds. The molecule has 1 aromatic heterocycles. The van der Waals surface area contributed by atoms with Crippen molar-refractivity contribution in [2.24, 2.45) is 0 Å². The molecule has 2 rings (SSSR count). The summed E-state index contributed by atoms with van der Waals surface area (Å²) >= 11 is 1.40. The Morgan fingerprint density at radius 1 is 1.45 bits per heavy atom. The highest BCUT2D eigenvalue weighted by atomic mass is 32.1. The topological polar surface area (TPSA) is 42.0 Å². The van der Waals surface area contributed by atoms with Crippen LogP contribution in [0.15, 0.2) is 55.1 Å². The molecular weight excluding hydrogens is 268 g/mol. The van der Waals surface area contributed by atoms with Crippen molar-refractivity contribution in [3.63, 3.8) is 0 Å². The van der Waals surface area contributed by atoms with E-state index < -0.39 is 0 Å². The lowest BCUT2D eigenvalue weighted by Gasteiger charge is -2.07. The van der Waals surface area contributed by atoms with Crippen LogP contribution in [0.2, 0.25) is 0 Å². The summed E-state index contributed by atoms with van der Waals surface area (Å²) in [5.41, 5.74) is 2.95. The minimum Gasteiger partial charge on any atom is -0.302 e. The average Bonchev–Trinajstić information content (AvgIpc) is 2.92. The fourth-order valence-corrected chi connectivity index (χ4v) is 2.37. The van der Waals surface area contributed by atoms with Gasteiger partial charge in [-0.05, 0) is 23.1 Å². The van der Waals surface area contributed by atoms with Gasteiger partial charge in [0.2, 0.25) is 5.91 Å². The van der Waals surface area contributed by atoms with E-state index in [1.165, 1.54) is 16.9 Å². The molecule has 0 spiro atoms. The van der Waals surface area contributed by atoms with Gasteiger partial charge >= 0.3 is 0 Å². The summed E-state index contributed by atoms with van der Waals surface area (Å²) in [7, 11) is 0. The lowest BCUT2D eigenvalue weighted by Crippen LogP contribution is -2.11. The summed E-state index contributed by atoms with van der Waals surface area (Å²) < 4.78 is 0. The predicted octanol–water partition coefficient (Wildman–Crippen LogP) is 3.91. The molecule has 0 saturated heterocycles. The lowest BCUT2D eigenvalue weighted by molar-refractivity contribution is -0.115. The van der Waals surface area contributed by atoms with E-state index in [9.17, 15) is 4.79 Å². The van der Waals surface area contributed by atoms with Gasteiger partial charge in [-0.2, -0.15) is 0 Å². The molecule has 0 bridgehead atoms. The standard InChI is InChI=1S/C16H16N2OS/c1-3-5-13-6-4-7-14(11-13)12(2)10-15(19)18-16-17-8-9-20-16/h3-4,6-9,11H,1-2,5,10H2,(H,17,18,19). The van der Waals surface area contributed by atoms with Crippen molar-refractivity contribution >= 4 is 27.9 Å². The molecule has 0 unspecified atom stereocenters. The van der Waals surface area contributed by atoms with E-state index in [2.05, 4.69) is 23.5 Å². The van der Waals surface area contributed by atoms with Crippen molar-refractivity contribution in [2.45, 2.75) is 12.8 Å². The van der Waals surface area contributed by atoms with E-state index in [4.69, 9.17) is 0 Å². The monoisotopic (exact) mass is 284 g/mol. The second-order valence-corrected chi connectivity index (χ2v) is 5.25. The van der Waals surface area contributed by atoms with E-state index in [1.54, 1.807) is 6.20 Å². The van der Waals surface area contributed by atoms with Crippen LogP contribution in [-0.4, -0.2) is 10.9 Å². The fourth-order valence-electron chi connectivity index (χ4n) is 1.83. The summed E-state index contributed by atoms with van der Waals surface area (Å²) in [6.07, 6.45) is 4.59. The van der Waals surface area contributed by atoms with Crippen LogP contribution in [0, 0.1) is 0 Å². The second-order valence-electron chi connectivity index (χ2n) is 4.36. The first-order chi connectivity index (χ1) is 9.69. The molecule has 4 heteroatoms. The summed E-state index contributed by atoms with van der Waals surface area (Å²) in [4.78, 5) is 15.9. The van der Waals surface area contributed by atoms with Crippen LogP contribution >= 0.6 is 11.3 Å². The number of hydrogen-bond donors (Lipinski definition) is 1. The van der Waals surface area contributed by atoms with Gasteiger partial charge in [-0.15, -0.1) is 17.9 Å². The minimum atomic E-state index is -0.0981. The quantitative estimate of drug-likeness (QED) is 0.817. The molecule has 0 saturated carbocycles. The zero-order valence-electron chi connectivity index (χ0n) is 11.1. The maximum atomic E-state index is 11.9. The Balaban J connectivity index is 1.98. The first-order valence-electron chi connectivity index (χ1n) is 6.26. The fraction of sp³-hybridized carbons (Fsp3) is 0.125. The van der Waals surface area contributed by atoms with Crippen LogP contribution in [0.25, 0.3) is 5.57 Å². The highest BCUT2D eigenvalue weighted by Gasteiger charge is 2.08. The van der Waals surface area contributed by atoms with Crippen molar-refractivity contribution in [1.29, 1.82) is 0 Å². The van der Waals surface area contributed by atoms with Gasteiger partial charge in [0.05, 0.1) is 6.42 Å². The highest BCUT2D eigenvalue weighted by molar-refractivity contribution is 7.13. The third-order valence-corrected chi connectivity index (χ3v) is 3.46. The zero-order valence-corrected chi connectivity index (χ0v) is 12.0. The van der Waals surface area contributed by atoms with Gasteiger partial charge in [-0.3, -0.25) is 4.79 Å². The molecule has 0 radical (unpaired) electrons. The highest BCUT2D eigenvalue weighted by Crippen LogP contribution is 2.19. The number of aromatic nitrogens is 1. The smallest absolute Gasteiger partial charge is 0.230 e. The Hall–Kier alpha value is -2.20. The largest absolute Gasteiger partial charge is 0.302 e. The third kappa shape index (κ3) is 3.90. The third-order valence-electron chi connectivity index (χ3n) is 2.77. The van der Waals surface area contributed by atoms with Crippen molar-refractivity contribution in [1.82, 2.24) is 4.98 Å². The molecule has 3 nitrogen and oxygen atoms in total. The van der Waals surface area contributed by atoms with Gasteiger partial charge in [0, 0.05) is 11.6 Å². The number of hydrogen-bond acceptors (Lipinski definition) is 3. The first-order valence-corrected chi connectivity index (χ1v) is 7.14. The van der Waals surface area contributed by atoms with Gasteiger partial charge in [0.1, 0.15) is 0 Å². The normalized spacial score (nSPS) is 10.0. The number of carbonyl (C=O) groups excluding carboxylic acids is 1. The predicted molar refractivity (Wildman–Crippen MR) is 84.7 cm³/mol. The number of nitrogens with zero attached hydrogens (tertiary/aromatic N) is 1. The Morgan fingerprint density at radius 3 is 3.00 bits per heavy atom. The molecule has 1 aromatic carbocycles. The van der Waals surface area contributed by atoms with E-state index in [0.717, 1.165) is 17.6 Å². The number of anilines is 1. The number of allylic oxidation sites excluding steroid dienone is 1. The van der Waals surface area contributed by atoms with Gasteiger partial charge in [0.15, 0.2) is 5.13 Å². The molecule has 20 heavy (non-hydrogen) atoms. The molecule has 1 N–H and O–H groups in total. The molecular formula is C16H16N2OS. The van der Waals surface area contributed by atoms with Crippen LogP contribution in [0.1, 0.15) is 17.5 Å². The summed E-state index contributed by atoms with van der Waals surface area (Å²) in [6, 6.07) is 8.01. The Labute approximate surface area is 122 Å². The molecule has 0 aliphatic rings. The van der Waals surface area contributed by atoms with Gasteiger partial charge in [-0.25, -0.2) is 4.98 Å². The lowest BCUT2D eigenvalue weighted by atomic mass is 10.0. The van der Waals surface area contributed by atoms with Crippen molar-refractivity contribution < 1.29 is 4.79 Å². The Morgan fingerprint density at radius 2 is 2.30 bits per heavy atom. The van der Waals surface area contributed by atoms with Crippen molar-refractivity contribution in [3.8, 4) is 0 Å². The van der Waals surface area contributed by atoms with Crippen LogP contribution in [0.4, 0.5) is 5.13 Å². The molecule has 102 valence electrons. The first kappa shape index (κ1) is 14.2. The summed E-state index contributed by atoms with van der Waals surface area (Å²) in [5, 5.41) is 5.19. The van der Waals surface area contributed by atoms with E-state index in [1.807, 2.05) is 35.7 Å². The second kappa shape index (κ2) is 6.82. The molecule has 1 heterocycles. The number of amides is 1. The maximum Gasteiger partial charge on any atom is 0.230 e. The minimum absolute atomic E-state index is 0.0981. The molecule has 0 aliphatic carbocycles. The number of nitrogens with one attached hydrogen (secondary N) is 1. The van der Waals surface area contributed by atoms with E-state index in [0.29, 0.717) is 5.13 Å². The van der Waals surface area contributed by atoms with Gasteiger partial charge < -0.3 is 5.32 Å². The molecule has 2 aromatic rings. The zero-order chi connectivity index (χ0) is 14.4. The van der Waals surface area contributed by atoms with Gasteiger partial charge in [0.25, 0.3) is 0 Å². The van der Waals surface area contributed by atoms with E-state index in [-0.39, 0.29) is 12.3 Å². The van der Waals surface area contributed by atoms with Gasteiger partial charge in [-0.1, -0.05) is 36.9 Å². The van der Waals surface area contributed by atoms with Crippen molar-refractivity contribution in [3.05, 3.63) is 66.2 Å². The summed E-state index contributed by atoms with van der Waals surface area (Å²) in [5.74, 6) is -0.0981. The Bertz CT molecular complexity index is 617. The maximum absolute atomic E-state index is 11.9. The van der Waals surface area contributed by atoms with Crippen LogP contribution in [0.3, 0.4) is 0 Å². The molecule has 0 fully saturated rings.